The molecule has 8 heteroatoms. The molecule has 1 fully saturated rings. The van der Waals surface area contributed by atoms with E-state index in [-0.39, 0.29) is 28.9 Å². The van der Waals surface area contributed by atoms with Gasteiger partial charge < -0.3 is 16.0 Å². The van der Waals surface area contributed by atoms with Crippen LogP contribution >= 0.6 is 12.4 Å². The predicted octanol–water partition coefficient (Wildman–Crippen LogP) is 2.63. The van der Waals surface area contributed by atoms with Crippen LogP contribution in [-0.2, 0) is 4.79 Å². The molecule has 1 unspecified atom stereocenters. The molecule has 2 rings (SSSR count). The number of aryl methyl sites for hydroxylation is 1. The first-order valence-corrected chi connectivity index (χ1v) is 8.52. The van der Waals surface area contributed by atoms with Crippen molar-refractivity contribution in [3.8, 4) is 0 Å². The summed E-state index contributed by atoms with van der Waals surface area (Å²) in [4.78, 5) is 22.4. The summed E-state index contributed by atoms with van der Waals surface area (Å²) in [7, 11) is 0. The van der Waals surface area contributed by atoms with E-state index in [0.717, 1.165) is 37.9 Å². The van der Waals surface area contributed by atoms with Gasteiger partial charge in [-0.1, -0.05) is 6.07 Å². The van der Waals surface area contributed by atoms with Crippen molar-refractivity contribution < 1.29 is 9.72 Å². The Kier molecular flexibility index (Phi) is 9.23. The molecule has 1 aliphatic rings. The lowest BCUT2D eigenvalue weighted by atomic mass is 10.0. The van der Waals surface area contributed by atoms with Gasteiger partial charge in [0.05, 0.1) is 4.92 Å². The number of nitrogens with zero attached hydrogens (tertiary/aromatic N) is 1. The Morgan fingerprint density at radius 3 is 2.88 bits per heavy atom. The van der Waals surface area contributed by atoms with E-state index in [0.29, 0.717) is 31.1 Å². The summed E-state index contributed by atoms with van der Waals surface area (Å²) in [5.74, 6) is 0.711. The Bertz CT molecular complexity index is 577. The number of hydrogen-bond acceptors (Lipinski definition) is 5. The van der Waals surface area contributed by atoms with Crippen LogP contribution in [0, 0.1) is 23.0 Å². The van der Waals surface area contributed by atoms with Crippen LogP contribution in [0.15, 0.2) is 18.2 Å². The molecule has 0 aromatic heterocycles. The van der Waals surface area contributed by atoms with Crippen molar-refractivity contribution in [3.63, 3.8) is 0 Å². The fourth-order valence-corrected chi connectivity index (χ4v) is 2.87. The maximum Gasteiger partial charge on any atom is 0.292 e. The molecule has 1 aromatic rings. The molecule has 1 saturated heterocycles. The number of amides is 1. The molecule has 0 bridgehead atoms. The highest BCUT2D eigenvalue weighted by Crippen LogP contribution is 2.25. The van der Waals surface area contributed by atoms with Crippen molar-refractivity contribution >= 4 is 29.7 Å². The van der Waals surface area contributed by atoms with E-state index in [1.54, 1.807) is 12.1 Å². The second kappa shape index (κ2) is 10.9. The van der Waals surface area contributed by atoms with Crippen molar-refractivity contribution in [2.24, 2.45) is 5.92 Å². The summed E-state index contributed by atoms with van der Waals surface area (Å²) in [6, 6.07) is 5.12. The third-order valence-electron chi connectivity index (χ3n) is 4.28. The zero-order valence-corrected chi connectivity index (χ0v) is 15.4. The number of nitrogens with one attached hydrogen (secondary N) is 3. The standard InChI is InChI=1S/C17H26N4O3.ClH/c1-13-3-5-15(16(11-13)21(23)24)19-8-2-9-20-17(22)6-4-14-7-10-18-12-14;/h3,5,11,14,18-19H,2,4,6-10,12H2,1H3,(H,20,22);1H. The van der Waals surface area contributed by atoms with Crippen LogP contribution in [0.4, 0.5) is 11.4 Å². The molecule has 1 aliphatic heterocycles. The molecule has 7 nitrogen and oxygen atoms in total. The average molecular weight is 371 g/mol. The number of hydrogen-bond donors (Lipinski definition) is 3. The Balaban J connectivity index is 0.00000312. The molecule has 1 atom stereocenters. The van der Waals surface area contributed by atoms with Crippen LogP contribution in [-0.4, -0.2) is 37.0 Å². The summed E-state index contributed by atoms with van der Waals surface area (Å²) in [5, 5.41) is 20.3. The van der Waals surface area contributed by atoms with Gasteiger partial charge in [-0.2, -0.15) is 0 Å². The average Bonchev–Trinajstić information content (AvgIpc) is 3.07. The molecule has 1 amide bonds. The Labute approximate surface area is 154 Å². The zero-order chi connectivity index (χ0) is 17.4. The van der Waals surface area contributed by atoms with Gasteiger partial charge in [-0.15, -0.1) is 12.4 Å². The summed E-state index contributed by atoms with van der Waals surface area (Å²) >= 11 is 0. The largest absolute Gasteiger partial charge is 0.379 e. The van der Waals surface area contributed by atoms with Crippen LogP contribution < -0.4 is 16.0 Å². The monoisotopic (exact) mass is 370 g/mol. The third-order valence-corrected chi connectivity index (χ3v) is 4.28. The normalized spacial score (nSPS) is 16.1. The van der Waals surface area contributed by atoms with E-state index < -0.39 is 0 Å². The van der Waals surface area contributed by atoms with E-state index in [1.165, 1.54) is 0 Å². The highest BCUT2D eigenvalue weighted by molar-refractivity contribution is 5.85. The van der Waals surface area contributed by atoms with Gasteiger partial charge in [-0.25, -0.2) is 0 Å². The second-order valence-electron chi connectivity index (χ2n) is 6.31. The Morgan fingerprint density at radius 1 is 1.40 bits per heavy atom. The molecule has 3 N–H and O–H groups in total. The van der Waals surface area contributed by atoms with Crippen LogP contribution in [0.5, 0.6) is 0 Å². The van der Waals surface area contributed by atoms with Crippen LogP contribution in [0.1, 0.15) is 31.2 Å². The number of halogens is 1. The molecule has 0 radical (unpaired) electrons. The number of carbonyl (C=O) groups excluding carboxylic acids is 1. The lowest BCUT2D eigenvalue weighted by molar-refractivity contribution is -0.384. The van der Waals surface area contributed by atoms with Crippen molar-refractivity contribution in [3.05, 3.63) is 33.9 Å². The van der Waals surface area contributed by atoms with E-state index >= 15 is 0 Å². The SMILES string of the molecule is Cc1ccc(NCCCNC(=O)CCC2CCNC2)c([N+](=O)[O-])c1.Cl. The third kappa shape index (κ3) is 7.27. The molecular formula is C17H27ClN4O3. The second-order valence-corrected chi connectivity index (χ2v) is 6.31. The number of carbonyl (C=O) groups is 1. The van der Waals surface area contributed by atoms with Gasteiger partial charge in [0.2, 0.25) is 5.91 Å². The summed E-state index contributed by atoms with van der Waals surface area (Å²) in [6.45, 7) is 5.06. The fraction of sp³-hybridized carbons (Fsp3) is 0.588. The molecular weight excluding hydrogens is 344 g/mol. The predicted molar refractivity (Wildman–Crippen MR) is 101 cm³/mol. The summed E-state index contributed by atoms with van der Waals surface area (Å²) in [5.41, 5.74) is 1.46. The van der Waals surface area contributed by atoms with E-state index in [1.807, 2.05) is 13.0 Å². The topological polar surface area (TPSA) is 96.3 Å². The minimum Gasteiger partial charge on any atom is -0.379 e. The Morgan fingerprint density at radius 2 is 2.20 bits per heavy atom. The quantitative estimate of drug-likeness (QED) is 0.353. The number of rotatable bonds is 9. The fourth-order valence-electron chi connectivity index (χ4n) is 2.87. The zero-order valence-electron chi connectivity index (χ0n) is 14.5. The first-order chi connectivity index (χ1) is 11.6. The number of nitro benzene ring substituents is 1. The number of nitro groups is 1. The van der Waals surface area contributed by atoms with Crippen molar-refractivity contribution in [2.75, 3.05) is 31.5 Å². The highest BCUT2D eigenvalue weighted by atomic mass is 35.5. The Hall–Kier alpha value is -1.86. The summed E-state index contributed by atoms with van der Waals surface area (Å²) < 4.78 is 0. The van der Waals surface area contributed by atoms with E-state index in [9.17, 15) is 14.9 Å². The van der Waals surface area contributed by atoms with Crippen molar-refractivity contribution in [1.29, 1.82) is 0 Å². The lowest BCUT2D eigenvalue weighted by Crippen LogP contribution is -2.26. The van der Waals surface area contributed by atoms with Crippen molar-refractivity contribution in [1.82, 2.24) is 10.6 Å². The molecule has 25 heavy (non-hydrogen) atoms. The van der Waals surface area contributed by atoms with Gasteiger partial charge in [0.15, 0.2) is 0 Å². The maximum atomic E-state index is 11.8. The minimum absolute atomic E-state index is 0. The van der Waals surface area contributed by atoms with Gasteiger partial charge in [0.25, 0.3) is 5.69 Å². The molecule has 0 aliphatic carbocycles. The number of benzene rings is 1. The van der Waals surface area contributed by atoms with Crippen LogP contribution in [0.3, 0.4) is 0 Å². The van der Waals surface area contributed by atoms with Crippen LogP contribution in [0.2, 0.25) is 0 Å². The molecule has 0 spiro atoms. The minimum atomic E-state index is -0.380. The highest BCUT2D eigenvalue weighted by Gasteiger charge is 2.15. The van der Waals surface area contributed by atoms with Crippen molar-refractivity contribution in [2.45, 2.75) is 32.6 Å². The smallest absolute Gasteiger partial charge is 0.292 e. The first-order valence-electron chi connectivity index (χ1n) is 8.52. The van der Waals surface area contributed by atoms with Gasteiger partial charge >= 0.3 is 0 Å². The molecule has 1 heterocycles. The van der Waals surface area contributed by atoms with E-state index in [2.05, 4.69) is 16.0 Å². The van der Waals surface area contributed by atoms with E-state index in [4.69, 9.17) is 0 Å². The lowest BCUT2D eigenvalue weighted by Gasteiger charge is -2.10. The molecule has 140 valence electrons. The van der Waals surface area contributed by atoms with Gasteiger partial charge in [-0.05, 0) is 56.8 Å². The van der Waals surface area contributed by atoms with Gasteiger partial charge in [0.1, 0.15) is 5.69 Å². The molecule has 0 saturated carbocycles. The molecule has 1 aromatic carbocycles. The maximum absolute atomic E-state index is 11.8. The van der Waals surface area contributed by atoms with Gasteiger partial charge in [0, 0.05) is 25.6 Å². The first kappa shape index (κ1) is 21.2. The van der Waals surface area contributed by atoms with Crippen LogP contribution in [0.25, 0.3) is 0 Å². The summed E-state index contributed by atoms with van der Waals surface area (Å²) in [6.07, 6.45) is 3.39. The number of anilines is 1. The van der Waals surface area contributed by atoms with Gasteiger partial charge in [-0.3, -0.25) is 14.9 Å².